The van der Waals surface area contributed by atoms with Crippen molar-refractivity contribution in [3.8, 4) is 0 Å². The smallest absolute Gasteiger partial charge is 0.270 e. The molecule has 1 aliphatic rings. The molecule has 1 N–H and O–H groups in total. The van der Waals surface area contributed by atoms with Crippen LogP contribution in [0.3, 0.4) is 0 Å². The summed E-state index contributed by atoms with van der Waals surface area (Å²) in [5.41, 5.74) is 1.34. The molecule has 0 amide bonds. The summed E-state index contributed by atoms with van der Waals surface area (Å²) in [5.74, 6) is 0. The van der Waals surface area contributed by atoms with E-state index < -0.39 is 4.92 Å². The van der Waals surface area contributed by atoms with E-state index in [1.165, 1.54) is 18.9 Å². The molecule has 1 aromatic rings. The highest BCUT2D eigenvalue weighted by atomic mass is 35.5. The Balaban J connectivity index is 2.08. The zero-order chi connectivity index (χ0) is 14.8. The maximum Gasteiger partial charge on any atom is 0.270 e. The predicted molar refractivity (Wildman–Crippen MR) is 81.2 cm³/mol. The molecule has 5 heteroatoms. The third-order valence-corrected chi connectivity index (χ3v) is 4.65. The summed E-state index contributed by atoms with van der Waals surface area (Å²) in [6.45, 7) is 5.41. The number of hydrogen-bond donors (Lipinski definition) is 1. The normalized spacial score (nSPS) is 17.8. The number of nitro groups is 1. The van der Waals surface area contributed by atoms with Crippen molar-refractivity contribution >= 4 is 17.3 Å². The van der Waals surface area contributed by atoms with E-state index in [1.54, 1.807) is 12.1 Å². The first-order valence-electron chi connectivity index (χ1n) is 7.15. The van der Waals surface area contributed by atoms with E-state index in [9.17, 15) is 10.1 Å². The van der Waals surface area contributed by atoms with Crippen LogP contribution in [-0.2, 0) is 6.42 Å². The van der Waals surface area contributed by atoms with Crippen LogP contribution in [0.5, 0.6) is 0 Å². The zero-order valence-corrected chi connectivity index (χ0v) is 12.7. The van der Waals surface area contributed by atoms with Crippen molar-refractivity contribution in [3.63, 3.8) is 0 Å². The van der Waals surface area contributed by atoms with Crippen LogP contribution >= 0.6 is 11.6 Å². The van der Waals surface area contributed by atoms with Crippen molar-refractivity contribution in [2.75, 3.05) is 6.54 Å². The minimum atomic E-state index is -0.409. The average molecular weight is 297 g/mol. The summed E-state index contributed by atoms with van der Waals surface area (Å²) in [4.78, 5) is 10.3. The van der Waals surface area contributed by atoms with Gasteiger partial charge >= 0.3 is 0 Å². The van der Waals surface area contributed by atoms with Gasteiger partial charge in [0.1, 0.15) is 0 Å². The summed E-state index contributed by atoms with van der Waals surface area (Å²) >= 11 is 6.19. The molecule has 1 fully saturated rings. The molecule has 1 unspecified atom stereocenters. The highest BCUT2D eigenvalue weighted by Crippen LogP contribution is 2.52. The van der Waals surface area contributed by atoms with Crippen molar-refractivity contribution < 1.29 is 4.92 Å². The van der Waals surface area contributed by atoms with Gasteiger partial charge in [0, 0.05) is 18.2 Å². The molecule has 1 aromatic carbocycles. The first-order chi connectivity index (χ1) is 9.48. The van der Waals surface area contributed by atoms with Gasteiger partial charge in [0.05, 0.1) is 9.95 Å². The lowest BCUT2D eigenvalue weighted by molar-refractivity contribution is -0.384. The summed E-state index contributed by atoms with van der Waals surface area (Å²) < 4.78 is 0. The third-order valence-electron chi connectivity index (χ3n) is 4.30. The summed E-state index contributed by atoms with van der Waals surface area (Å²) in [6.07, 6.45) is 4.40. The number of nitrogens with one attached hydrogen (secondary N) is 1. The van der Waals surface area contributed by atoms with Crippen molar-refractivity contribution in [2.24, 2.45) is 5.41 Å². The van der Waals surface area contributed by atoms with Crippen LogP contribution in [0.25, 0.3) is 0 Å². The van der Waals surface area contributed by atoms with E-state index in [0.717, 1.165) is 24.9 Å². The van der Waals surface area contributed by atoms with Crippen LogP contribution in [0, 0.1) is 15.5 Å². The Bertz CT molecular complexity index is 501. The highest BCUT2D eigenvalue weighted by molar-refractivity contribution is 6.31. The number of hydrogen-bond acceptors (Lipinski definition) is 3. The maximum atomic E-state index is 10.7. The molecule has 0 aromatic heterocycles. The molecule has 110 valence electrons. The zero-order valence-electron chi connectivity index (χ0n) is 12.0. The average Bonchev–Trinajstić information content (AvgIpc) is 3.19. The second-order valence-electron chi connectivity index (χ2n) is 5.75. The van der Waals surface area contributed by atoms with E-state index in [0.29, 0.717) is 11.1 Å². The fourth-order valence-corrected chi connectivity index (χ4v) is 2.91. The Morgan fingerprint density at radius 3 is 2.70 bits per heavy atom. The van der Waals surface area contributed by atoms with Gasteiger partial charge in [0.15, 0.2) is 0 Å². The van der Waals surface area contributed by atoms with Crippen LogP contribution in [0.2, 0.25) is 5.02 Å². The molecule has 1 atom stereocenters. The minimum absolute atomic E-state index is 0.0563. The second-order valence-corrected chi connectivity index (χ2v) is 6.15. The first-order valence-corrected chi connectivity index (χ1v) is 7.52. The predicted octanol–water partition coefficient (Wildman–Crippen LogP) is 3.96. The fraction of sp³-hybridized carbons (Fsp3) is 0.600. The topological polar surface area (TPSA) is 55.2 Å². The first kappa shape index (κ1) is 15.3. The number of non-ortho nitro benzene ring substituents is 1. The Labute approximate surface area is 124 Å². The van der Waals surface area contributed by atoms with Gasteiger partial charge < -0.3 is 5.32 Å². The van der Waals surface area contributed by atoms with Crippen LogP contribution in [0.1, 0.15) is 38.7 Å². The van der Waals surface area contributed by atoms with Gasteiger partial charge in [-0.2, -0.15) is 0 Å². The molecule has 0 radical (unpaired) electrons. The molecule has 1 aliphatic carbocycles. The Hall–Kier alpha value is -1.13. The van der Waals surface area contributed by atoms with E-state index in [4.69, 9.17) is 11.6 Å². The van der Waals surface area contributed by atoms with Crippen molar-refractivity contribution in [1.29, 1.82) is 0 Å². The van der Waals surface area contributed by atoms with Crippen LogP contribution < -0.4 is 5.32 Å². The molecule has 0 bridgehead atoms. The van der Waals surface area contributed by atoms with Crippen molar-refractivity contribution in [3.05, 3.63) is 38.9 Å². The Morgan fingerprint density at radius 1 is 1.50 bits per heavy atom. The molecule has 20 heavy (non-hydrogen) atoms. The molecule has 0 spiro atoms. The molecule has 1 saturated carbocycles. The van der Waals surface area contributed by atoms with Gasteiger partial charge in [0.2, 0.25) is 0 Å². The number of rotatable bonds is 7. The molecule has 0 heterocycles. The molecule has 4 nitrogen and oxygen atoms in total. The molecule has 0 aliphatic heterocycles. The van der Waals surface area contributed by atoms with Gasteiger partial charge in [-0.05, 0) is 50.1 Å². The molecule has 2 rings (SSSR count). The minimum Gasteiger partial charge on any atom is -0.314 e. The summed E-state index contributed by atoms with van der Waals surface area (Å²) in [5, 5.41) is 14.8. The fourth-order valence-electron chi connectivity index (χ4n) is 2.67. The lowest BCUT2D eigenvalue weighted by Crippen LogP contribution is -2.36. The van der Waals surface area contributed by atoms with Gasteiger partial charge in [0.25, 0.3) is 5.69 Å². The van der Waals surface area contributed by atoms with Crippen LogP contribution in [0.4, 0.5) is 5.69 Å². The number of nitro benzene ring substituents is 1. The highest BCUT2D eigenvalue weighted by Gasteiger charge is 2.47. The van der Waals surface area contributed by atoms with Crippen LogP contribution in [0.15, 0.2) is 18.2 Å². The third kappa shape index (κ3) is 3.30. The molecule has 0 saturated heterocycles. The van der Waals surface area contributed by atoms with Gasteiger partial charge in [-0.15, -0.1) is 0 Å². The Morgan fingerprint density at radius 2 is 2.20 bits per heavy atom. The van der Waals surface area contributed by atoms with Gasteiger partial charge in [-0.1, -0.05) is 24.6 Å². The SMILES string of the molecule is CCCNC(C)C1(Cc2ccc([N+](=O)[O-])cc2Cl)CC1. The largest absolute Gasteiger partial charge is 0.314 e. The monoisotopic (exact) mass is 296 g/mol. The van der Waals surface area contributed by atoms with Gasteiger partial charge in [-0.25, -0.2) is 0 Å². The van der Waals surface area contributed by atoms with E-state index in [2.05, 4.69) is 19.2 Å². The molecular weight excluding hydrogens is 276 g/mol. The van der Waals surface area contributed by atoms with Crippen molar-refractivity contribution in [2.45, 2.75) is 45.6 Å². The van der Waals surface area contributed by atoms with Crippen molar-refractivity contribution in [1.82, 2.24) is 5.32 Å². The summed E-state index contributed by atoms with van der Waals surface area (Å²) in [7, 11) is 0. The van der Waals surface area contributed by atoms with Crippen LogP contribution in [-0.4, -0.2) is 17.5 Å². The lowest BCUT2D eigenvalue weighted by Gasteiger charge is -2.25. The number of benzene rings is 1. The van der Waals surface area contributed by atoms with E-state index in [-0.39, 0.29) is 11.1 Å². The number of halogens is 1. The van der Waals surface area contributed by atoms with Gasteiger partial charge in [-0.3, -0.25) is 10.1 Å². The van der Waals surface area contributed by atoms with E-state index in [1.807, 2.05) is 0 Å². The quantitative estimate of drug-likeness (QED) is 0.612. The number of nitrogens with zero attached hydrogens (tertiary/aromatic N) is 1. The lowest BCUT2D eigenvalue weighted by atomic mass is 9.89. The standard InChI is InChI=1S/C15H21ClN2O2/c1-3-8-17-11(2)15(6-7-15)10-12-4-5-13(18(19)20)9-14(12)16/h4-5,9,11,17H,3,6-8,10H2,1-2H3. The molecular formula is C15H21ClN2O2. The summed E-state index contributed by atoms with van der Waals surface area (Å²) in [6, 6.07) is 5.25. The maximum absolute atomic E-state index is 10.7. The Kier molecular flexibility index (Phi) is 4.66. The van der Waals surface area contributed by atoms with E-state index >= 15 is 0 Å². The second kappa shape index (κ2) is 6.10.